The lowest BCUT2D eigenvalue weighted by atomic mass is 9.86. The van der Waals surface area contributed by atoms with Crippen molar-refractivity contribution >= 4 is 12.1 Å². The largest absolute Gasteiger partial charge is 0.479 e. The first-order valence-electron chi connectivity index (χ1n) is 11.7. The lowest BCUT2D eigenvalue weighted by molar-refractivity contribution is -0.152. The molecule has 0 saturated carbocycles. The minimum atomic E-state index is -1.20. The maximum atomic E-state index is 13.4. The first-order valence-corrected chi connectivity index (χ1v) is 11.7. The van der Waals surface area contributed by atoms with Crippen molar-refractivity contribution in [1.82, 2.24) is 9.80 Å². The van der Waals surface area contributed by atoms with Crippen molar-refractivity contribution < 1.29 is 19.4 Å². The van der Waals surface area contributed by atoms with E-state index in [4.69, 9.17) is 4.74 Å². The van der Waals surface area contributed by atoms with E-state index in [2.05, 4.69) is 29.2 Å². The quantitative estimate of drug-likeness (QED) is 0.732. The Labute approximate surface area is 188 Å². The molecule has 0 bridgehead atoms. The molecule has 0 spiro atoms. The van der Waals surface area contributed by atoms with E-state index in [0.29, 0.717) is 25.9 Å². The van der Waals surface area contributed by atoms with Crippen LogP contribution >= 0.6 is 0 Å². The number of carbonyl (C=O) groups excluding carboxylic acids is 1. The van der Waals surface area contributed by atoms with Gasteiger partial charge in [0.15, 0.2) is 5.54 Å². The predicted molar refractivity (Wildman–Crippen MR) is 122 cm³/mol. The lowest BCUT2D eigenvalue weighted by Crippen LogP contribution is -2.62. The summed E-state index contributed by atoms with van der Waals surface area (Å²) in [6.45, 7) is 4.18. The highest BCUT2D eigenvalue weighted by atomic mass is 16.6. The van der Waals surface area contributed by atoms with Gasteiger partial charge in [-0.3, -0.25) is 9.80 Å². The zero-order chi connectivity index (χ0) is 22.3. The van der Waals surface area contributed by atoms with Crippen molar-refractivity contribution in [2.45, 2.75) is 50.1 Å². The summed E-state index contributed by atoms with van der Waals surface area (Å²) in [5.41, 5.74) is 3.45. The van der Waals surface area contributed by atoms with Crippen LogP contribution in [0.15, 0.2) is 48.5 Å². The van der Waals surface area contributed by atoms with Crippen molar-refractivity contribution in [2.24, 2.45) is 0 Å². The topological polar surface area (TPSA) is 70.1 Å². The Kier molecular flexibility index (Phi) is 5.41. The normalized spacial score (nSPS) is 24.1. The molecule has 1 N–H and O–H groups in total. The molecule has 168 valence electrons. The Bertz CT molecular complexity index is 992. The van der Waals surface area contributed by atoms with Gasteiger partial charge >= 0.3 is 12.1 Å². The van der Waals surface area contributed by atoms with Crippen LogP contribution in [0.4, 0.5) is 4.79 Å². The Morgan fingerprint density at radius 3 is 2.38 bits per heavy atom. The van der Waals surface area contributed by atoms with Crippen LogP contribution in [-0.2, 0) is 9.53 Å². The third-order valence-corrected chi connectivity index (χ3v) is 7.55. The molecule has 6 nitrogen and oxygen atoms in total. The van der Waals surface area contributed by atoms with Gasteiger partial charge in [0, 0.05) is 25.0 Å². The number of carbonyl (C=O) groups is 2. The van der Waals surface area contributed by atoms with Crippen molar-refractivity contribution in [1.29, 1.82) is 0 Å². The standard InChI is InChI=1S/C26H30N2O4/c1-2-14-28(26(24(29)30)13-16-27-15-7-12-23(26)27)25(31)32-17-22-20-10-5-3-8-18(20)19-9-4-6-11-21(19)22/h3-6,8-11,22-23H,2,7,12-17H2,1H3,(H,29,30). The van der Waals surface area contributed by atoms with E-state index in [0.717, 1.165) is 30.5 Å². The fourth-order valence-corrected chi connectivity index (χ4v) is 6.14. The summed E-state index contributed by atoms with van der Waals surface area (Å²) in [7, 11) is 0. The Hall–Kier alpha value is -2.86. The summed E-state index contributed by atoms with van der Waals surface area (Å²) in [4.78, 5) is 29.8. The number of ether oxygens (including phenoxy) is 1. The van der Waals surface area contributed by atoms with Gasteiger partial charge in [-0.1, -0.05) is 55.5 Å². The number of benzene rings is 2. The Balaban J connectivity index is 1.41. The van der Waals surface area contributed by atoms with E-state index in [-0.39, 0.29) is 18.6 Å². The van der Waals surface area contributed by atoms with Gasteiger partial charge in [-0.15, -0.1) is 0 Å². The molecule has 2 aromatic rings. The molecule has 6 heteroatoms. The Morgan fingerprint density at radius 2 is 1.75 bits per heavy atom. The molecule has 32 heavy (non-hydrogen) atoms. The maximum absolute atomic E-state index is 13.4. The number of amides is 1. The summed E-state index contributed by atoms with van der Waals surface area (Å²) in [5, 5.41) is 10.3. The number of carboxylic acids is 1. The first kappa shape index (κ1) is 21.0. The van der Waals surface area contributed by atoms with Crippen LogP contribution in [0.3, 0.4) is 0 Å². The molecule has 3 aliphatic rings. The molecule has 1 amide bonds. The summed E-state index contributed by atoms with van der Waals surface area (Å²) in [6.07, 6.45) is 2.42. The minimum absolute atomic E-state index is 0.0397. The fourth-order valence-electron chi connectivity index (χ4n) is 6.14. The highest BCUT2D eigenvalue weighted by Gasteiger charge is 2.59. The number of hydrogen-bond donors (Lipinski definition) is 1. The summed E-state index contributed by atoms with van der Waals surface area (Å²) < 4.78 is 5.90. The minimum Gasteiger partial charge on any atom is -0.479 e. The number of aliphatic carboxylic acids is 1. The molecule has 2 unspecified atom stereocenters. The molecular weight excluding hydrogens is 404 g/mol. The van der Waals surface area contributed by atoms with Gasteiger partial charge in [0.25, 0.3) is 0 Å². The van der Waals surface area contributed by atoms with Gasteiger partial charge in [-0.25, -0.2) is 9.59 Å². The fraction of sp³-hybridized carbons (Fsp3) is 0.462. The Morgan fingerprint density at radius 1 is 1.09 bits per heavy atom. The second kappa shape index (κ2) is 8.24. The SMILES string of the molecule is CCCN(C(=O)OCC1c2ccccc2-c2ccccc21)C1(C(=O)O)CCN2CCCC21. The molecule has 5 rings (SSSR count). The highest BCUT2D eigenvalue weighted by molar-refractivity contribution is 5.86. The van der Waals surface area contributed by atoms with Crippen LogP contribution in [-0.4, -0.2) is 64.8 Å². The van der Waals surface area contributed by atoms with Crippen molar-refractivity contribution in [3.63, 3.8) is 0 Å². The van der Waals surface area contributed by atoms with Gasteiger partial charge in [-0.2, -0.15) is 0 Å². The number of rotatable bonds is 6. The zero-order valence-electron chi connectivity index (χ0n) is 18.5. The van der Waals surface area contributed by atoms with E-state index >= 15 is 0 Å². The van der Waals surface area contributed by atoms with E-state index < -0.39 is 17.6 Å². The molecule has 2 aromatic carbocycles. The molecule has 0 aromatic heterocycles. The molecule has 0 radical (unpaired) electrons. The van der Waals surface area contributed by atoms with Crippen molar-refractivity contribution in [3.05, 3.63) is 59.7 Å². The van der Waals surface area contributed by atoms with Gasteiger partial charge in [-0.05, 0) is 54.5 Å². The van der Waals surface area contributed by atoms with Crippen molar-refractivity contribution in [3.8, 4) is 11.1 Å². The maximum Gasteiger partial charge on any atom is 0.410 e. The number of hydrogen-bond acceptors (Lipinski definition) is 4. The molecule has 1 aliphatic carbocycles. The predicted octanol–water partition coefficient (Wildman–Crippen LogP) is 4.34. The summed E-state index contributed by atoms with van der Waals surface area (Å²) >= 11 is 0. The van der Waals surface area contributed by atoms with Crippen LogP contribution in [0.2, 0.25) is 0 Å². The number of fused-ring (bicyclic) bond motifs is 4. The molecule has 2 aliphatic heterocycles. The summed E-state index contributed by atoms with van der Waals surface area (Å²) in [6, 6.07) is 16.3. The van der Waals surface area contributed by atoms with Gasteiger partial charge in [0.05, 0.1) is 0 Å². The van der Waals surface area contributed by atoms with Crippen LogP contribution in [0.1, 0.15) is 49.7 Å². The molecule has 2 fully saturated rings. The number of nitrogens with zero attached hydrogens (tertiary/aromatic N) is 2. The van der Waals surface area contributed by atoms with E-state index in [9.17, 15) is 14.7 Å². The summed E-state index contributed by atoms with van der Waals surface area (Å²) in [5.74, 6) is -0.948. The van der Waals surface area contributed by atoms with Crippen LogP contribution < -0.4 is 0 Å². The van der Waals surface area contributed by atoms with Crippen LogP contribution in [0.5, 0.6) is 0 Å². The third kappa shape index (κ3) is 3.12. The molecule has 2 heterocycles. The molecule has 2 saturated heterocycles. The first-order chi connectivity index (χ1) is 15.6. The van der Waals surface area contributed by atoms with Crippen molar-refractivity contribution in [2.75, 3.05) is 26.2 Å². The molecular formula is C26H30N2O4. The van der Waals surface area contributed by atoms with Gasteiger partial charge in [0.1, 0.15) is 6.61 Å². The second-order valence-electron chi connectivity index (χ2n) is 9.13. The zero-order valence-corrected chi connectivity index (χ0v) is 18.5. The van der Waals surface area contributed by atoms with E-state index in [1.54, 1.807) is 0 Å². The average molecular weight is 435 g/mol. The van der Waals surface area contributed by atoms with Crippen LogP contribution in [0.25, 0.3) is 11.1 Å². The molecule has 2 atom stereocenters. The monoisotopic (exact) mass is 434 g/mol. The smallest absolute Gasteiger partial charge is 0.410 e. The third-order valence-electron chi connectivity index (χ3n) is 7.55. The van der Waals surface area contributed by atoms with E-state index in [1.807, 2.05) is 31.2 Å². The number of carboxylic acid groups (broad SMARTS) is 1. The van der Waals surface area contributed by atoms with Gasteiger partial charge in [0.2, 0.25) is 0 Å². The lowest BCUT2D eigenvalue weighted by Gasteiger charge is -2.41. The average Bonchev–Trinajstić information content (AvgIpc) is 3.49. The highest BCUT2D eigenvalue weighted by Crippen LogP contribution is 2.45. The van der Waals surface area contributed by atoms with E-state index in [1.165, 1.54) is 16.0 Å². The second-order valence-corrected chi connectivity index (χ2v) is 9.13. The van der Waals surface area contributed by atoms with Gasteiger partial charge < -0.3 is 9.84 Å². The van der Waals surface area contributed by atoms with Crippen LogP contribution in [0, 0.1) is 0 Å².